The summed E-state index contributed by atoms with van der Waals surface area (Å²) in [6.07, 6.45) is 3.19. The van der Waals surface area contributed by atoms with E-state index in [9.17, 15) is 4.79 Å². The van der Waals surface area contributed by atoms with Crippen molar-refractivity contribution >= 4 is 11.8 Å². The molecule has 0 bridgehead atoms. The molecule has 1 unspecified atom stereocenters. The van der Waals surface area contributed by atoms with Crippen LogP contribution in [0.1, 0.15) is 24.8 Å². The monoisotopic (exact) mass is 262 g/mol. The second-order valence-electron chi connectivity index (χ2n) is 5.22. The molecule has 1 heterocycles. The molecule has 1 aliphatic heterocycles. The molecule has 0 aromatic heterocycles. The van der Waals surface area contributed by atoms with Crippen LogP contribution in [0, 0.1) is 6.92 Å². The van der Waals surface area contributed by atoms with Gasteiger partial charge in [0.25, 0.3) is 0 Å². The summed E-state index contributed by atoms with van der Waals surface area (Å²) in [4.78, 5) is 14.0. The van der Waals surface area contributed by atoms with E-state index in [1.165, 1.54) is 12.8 Å². The van der Waals surface area contributed by atoms with Crippen LogP contribution in [0.2, 0.25) is 0 Å². The van der Waals surface area contributed by atoms with Gasteiger partial charge in [-0.15, -0.1) is 0 Å². The van der Waals surface area contributed by atoms with E-state index in [4.69, 9.17) is 4.74 Å². The number of nitrogens with zero attached hydrogens (tertiary/aromatic N) is 1. The number of piperidine rings is 1. The van der Waals surface area contributed by atoms with Crippen LogP contribution >= 0.6 is 0 Å². The Kier molecular flexibility index (Phi) is 4.80. The van der Waals surface area contributed by atoms with E-state index >= 15 is 0 Å². The van der Waals surface area contributed by atoms with E-state index in [1.807, 2.05) is 31.2 Å². The number of nitrogens with one attached hydrogen (secondary N) is 1. The lowest BCUT2D eigenvalue weighted by Gasteiger charge is -2.31. The quantitative estimate of drug-likeness (QED) is 0.910. The predicted molar refractivity (Wildman–Crippen MR) is 76.4 cm³/mol. The highest BCUT2D eigenvalue weighted by molar-refractivity contribution is 5.84. The summed E-state index contributed by atoms with van der Waals surface area (Å²) >= 11 is 0. The fourth-order valence-electron chi connectivity index (χ4n) is 2.40. The highest BCUT2D eigenvalue weighted by Gasteiger charge is 2.20. The molecule has 4 heteroatoms. The summed E-state index contributed by atoms with van der Waals surface area (Å²) in [5.74, 6) is 0. The molecule has 1 fully saturated rings. The molecule has 1 aromatic rings. The van der Waals surface area contributed by atoms with Crippen LogP contribution in [0.5, 0.6) is 0 Å². The minimum Gasteiger partial charge on any atom is -0.448 e. The number of carbonyl (C=O) groups excluding carboxylic acids is 1. The van der Waals surface area contributed by atoms with Crippen molar-refractivity contribution in [3.8, 4) is 0 Å². The summed E-state index contributed by atoms with van der Waals surface area (Å²) < 4.78 is 5.30. The molecule has 0 aliphatic carbocycles. The minimum atomic E-state index is -0.371. The van der Waals surface area contributed by atoms with Crippen LogP contribution in [0.15, 0.2) is 24.3 Å². The molecule has 2 rings (SSSR count). The van der Waals surface area contributed by atoms with Crippen molar-refractivity contribution in [3.63, 3.8) is 0 Å². The summed E-state index contributed by atoms with van der Waals surface area (Å²) in [7, 11) is 2.09. The molecule has 104 valence electrons. The van der Waals surface area contributed by atoms with Crippen molar-refractivity contribution in [1.82, 2.24) is 4.90 Å². The van der Waals surface area contributed by atoms with Gasteiger partial charge in [0, 0.05) is 11.7 Å². The average Bonchev–Trinajstić information content (AvgIpc) is 2.38. The molecule has 4 nitrogen and oxygen atoms in total. The Hall–Kier alpha value is -1.55. The molecule has 1 amide bonds. The van der Waals surface area contributed by atoms with Gasteiger partial charge in [-0.1, -0.05) is 18.6 Å². The number of likely N-dealkylation sites (tertiary alicyclic amines) is 1. The lowest BCUT2D eigenvalue weighted by molar-refractivity contribution is 0.0908. The molecule has 19 heavy (non-hydrogen) atoms. The Morgan fingerprint density at radius 2 is 2.32 bits per heavy atom. The maximum absolute atomic E-state index is 11.7. The third-order valence-corrected chi connectivity index (χ3v) is 3.59. The van der Waals surface area contributed by atoms with Crippen molar-refractivity contribution in [2.24, 2.45) is 0 Å². The SMILES string of the molecule is Cc1cccc(NC(=O)OCC2CCCCN2C)c1. The average molecular weight is 262 g/mol. The number of ether oxygens (including phenoxy) is 1. The van der Waals surface area contributed by atoms with E-state index in [1.54, 1.807) is 0 Å². The van der Waals surface area contributed by atoms with Crippen LogP contribution in [-0.4, -0.2) is 37.2 Å². The number of likely N-dealkylation sites (N-methyl/N-ethyl adjacent to an activating group) is 1. The maximum Gasteiger partial charge on any atom is 0.411 e. The van der Waals surface area contributed by atoms with Crippen LogP contribution in [0.25, 0.3) is 0 Å². The lowest BCUT2D eigenvalue weighted by Crippen LogP contribution is -2.40. The Balaban J connectivity index is 1.78. The van der Waals surface area contributed by atoms with Crippen LogP contribution in [-0.2, 0) is 4.74 Å². The van der Waals surface area contributed by atoms with Gasteiger partial charge in [0.1, 0.15) is 6.61 Å². The number of aryl methyl sites for hydroxylation is 1. The van der Waals surface area contributed by atoms with Gasteiger partial charge in [-0.3, -0.25) is 5.32 Å². The fourth-order valence-corrected chi connectivity index (χ4v) is 2.40. The minimum absolute atomic E-state index is 0.358. The predicted octanol–water partition coefficient (Wildman–Crippen LogP) is 3.03. The summed E-state index contributed by atoms with van der Waals surface area (Å²) in [5, 5.41) is 2.76. The third-order valence-electron chi connectivity index (χ3n) is 3.59. The summed E-state index contributed by atoms with van der Waals surface area (Å²) in [5.41, 5.74) is 1.90. The Bertz CT molecular complexity index is 434. The number of carbonyl (C=O) groups is 1. The Morgan fingerprint density at radius 1 is 1.47 bits per heavy atom. The standard InChI is InChI=1S/C15H22N2O2/c1-12-6-5-7-13(10-12)16-15(18)19-11-14-8-3-4-9-17(14)2/h5-7,10,14H,3-4,8-9,11H2,1-2H3,(H,16,18). The van der Waals surface area contributed by atoms with Gasteiger partial charge in [-0.05, 0) is 51.1 Å². The van der Waals surface area contributed by atoms with E-state index in [0.29, 0.717) is 12.6 Å². The number of rotatable bonds is 3. The van der Waals surface area contributed by atoms with Crippen molar-refractivity contribution in [1.29, 1.82) is 0 Å². The van der Waals surface area contributed by atoms with Gasteiger partial charge in [0.15, 0.2) is 0 Å². The highest BCUT2D eigenvalue weighted by Crippen LogP contribution is 2.15. The lowest BCUT2D eigenvalue weighted by atomic mass is 10.0. The van der Waals surface area contributed by atoms with Gasteiger partial charge >= 0.3 is 6.09 Å². The first-order valence-corrected chi connectivity index (χ1v) is 6.86. The molecule has 0 radical (unpaired) electrons. The molecular weight excluding hydrogens is 240 g/mol. The van der Waals surface area contributed by atoms with Crippen molar-refractivity contribution in [2.75, 3.05) is 25.5 Å². The largest absolute Gasteiger partial charge is 0.448 e. The number of hydrogen-bond acceptors (Lipinski definition) is 3. The van der Waals surface area contributed by atoms with Crippen molar-refractivity contribution in [2.45, 2.75) is 32.2 Å². The highest BCUT2D eigenvalue weighted by atomic mass is 16.5. The second-order valence-corrected chi connectivity index (χ2v) is 5.22. The zero-order valence-electron chi connectivity index (χ0n) is 11.7. The van der Waals surface area contributed by atoms with Gasteiger partial charge in [0.05, 0.1) is 0 Å². The van der Waals surface area contributed by atoms with E-state index in [-0.39, 0.29) is 6.09 Å². The first-order chi connectivity index (χ1) is 9.15. The molecule has 0 saturated carbocycles. The van der Waals surface area contributed by atoms with E-state index in [2.05, 4.69) is 17.3 Å². The Labute approximate surface area is 114 Å². The number of amides is 1. The molecule has 1 aliphatic rings. The molecule has 1 aromatic carbocycles. The van der Waals surface area contributed by atoms with Gasteiger partial charge in [-0.2, -0.15) is 0 Å². The number of anilines is 1. The van der Waals surface area contributed by atoms with Crippen molar-refractivity contribution in [3.05, 3.63) is 29.8 Å². The zero-order valence-corrected chi connectivity index (χ0v) is 11.7. The normalized spacial score (nSPS) is 20.0. The van der Waals surface area contributed by atoms with E-state index in [0.717, 1.165) is 24.2 Å². The van der Waals surface area contributed by atoms with E-state index < -0.39 is 0 Å². The van der Waals surface area contributed by atoms with Crippen LogP contribution < -0.4 is 5.32 Å². The molecular formula is C15H22N2O2. The van der Waals surface area contributed by atoms with Crippen LogP contribution in [0.4, 0.5) is 10.5 Å². The smallest absolute Gasteiger partial charge is 0.411 e. The molecule has 1 atom stereocenters. The zero-order chi connectivity index (χ0) is 13.7. The van der Waals surface area contributed by atoms with Crippen molar-refractivity contribution < 1.29 is 9.53 Å². The topological polar surface area (TPSA) is 41.6 Å². The fraction of sp³-hybridized carbons (Fsp3) is 0.533. The Morgan fingerprint density at radius 3 is 3.05 bits per heavy atom. The maximum atomic E-state index is 11.7. The first-order valence-electron chi connectivity index (χ1n) is 6.86. The first kappa shape index (κ1) is 13.9. The number of benzene rings is 1. The van der Waals surface area contributed by atoms with Gasteiger partial charge in [-0.25, -0.2) is 4.79 Å². The molecule has 1 saturated heterocycles. The number of hydrogen-bond donors (Lipinski definition) is 1. The van der Waals surface area contributed by atoms with Gasteiger partial charge in [0.2, 0.25) is 0 Å². The molecule has 1 N–H and O–H groups in total. The van der Waals surface area contributed by atoms with Crippen LogP contribution in [0.3, 0.4) is 0 Å². The summed E-state index contributed by atoms with van der Waals surface area (Å²) in [6, 6.07) is 8.06. The van der Waals surface area contributed by atoms with Gasteiger partial charge < -0.3 is 9.64 Å². The second kappa shape index (κ2) is 6.57. The third kappa shape index (κ3) is 4.24. The molecule has 0 spiro atoms. The summed E-state index contributed by atoms with van der Waals surface area (Å²) in [6.45, 7) is 3.55.